The first kappa shape index (κ1) is 21.3. The molecule has 4 aliphatic heterocycles. The van der Waals surface area contributed by atoms with Gasteiger partial charge < -0.3 is 9.80 Å². The highest BCUT2D eigenvalue weighted by Crippen LogP contribution is 2.47. The number of hydrogen-bond donors (Lipinski definition) is 0. The van der Waals surface area contributed by atoms with Gasteiger partial charge in [0.1, 0.15) is 0 Å². The third kappa shape index (κ3) is 3.40. The first-order valence-electron chi connectivity index (χ1n) is 13.0. The second-order valence-electron chi connectivity index (χ2n) is 10.2. The Kier molecular flexibility index (Phi) is 5.06. The summed E-state index contributed by atoms with van der Waals surface area (Å²) in [6.45, 7) is 3.39. The smallest absolute Gasteiger partial charge is 0.0775 e. The molecule has 0 N–H and O–H groups in total. The van der Waals surface area contributed by atoms with E-state index < -0.39 is 0 Å². The summed E-state index contributed by atoms with van der Waals surface area (Å²) in [5, 5.41) is 0. The van der Waals surface area contributed by atoms with Crippen molar-refractivity contribution in [2.75, 3.05) is 6.54 Å². The summed E-state index contributed by atoms with van der Waals surface area (Å²) in [5.74, 6) is 0.426. The summed E-state index contributed by atoms with van der Waals surface area (Å²) in [6, 6.07) is 27.4. The van der Waals surface area contributed by atoms with Crippen LogP contribution in [0.15, 0.2) is 121 Å². The molecule has 0 aliphatic carbocycles. The van der Waals surface area contributed by atoms with E-state index >= 15 is 0 Å². The van der Waals surface area contributed by atoms with Crippen molar-refractivity contribution in [2.24, 2.45) is 0 Å². The third-order valence-corrected chi connectivity index (χ3v) is 8.26. The molecule has 4 heterocycles. The maximum absolute atomic E-state index is 2.58. The number of fused-ring (bicyclic) bond motifs is 6. The molecule has 3 unspecified atom stereocenters. The average molecular weight is 467 g/mol. The Morgan fingerprint density at radius 1 is 0.833 bits per heavy atom. The maximum Gasteiger partial charge on any atom is 0.0775 e. The van der Waals surface area contributed by atoms with E-state index in [0.29, 0.717) is 12.0 Å². The van der Waals surface area contributed by atoms with Gasteiger partial charge in [0, 0.05) is 41.7 Å². The Morgan fingerprint density at radius 2 is 1.69 bits per heavy atom. The quantitative estimate of drug-likeness (QED) is 0.387. The summed E-state index contributed by atoms with van der Waals surface area (Å²) in [7, 11) is 0. The normalized spacial score (nSPS) is 23.3. The van der Waals surface area contributed by atoms with Crippen molar-refractivity contribution in [1.82, 2.24) is 9.80 Å². The lowest BCUT2D eigenvalue weighted by Crippen LogP contribution is -2.42. The van der Waals surface area contributed by atoms with Crippen molar-refractivity contribution < 1.29 is 0 Å². The topological polar surface area (TPSA) is 6.48 Å². The van der Waals surface area contributed by atoms with Gasteiger partial charge in [0.15, 0.2) is 0 Å². The number of rotatable bonds is 3. The molecule has 3 aromatic carbocycles. The summed E-state index contributed by atoms with van der Waals surface area (Å²) in [5.41, 5.74) is 10.9. The summed E-state index contributed by atoms with van der Waals surface area (Å²) in [4.78, 5) is 5.07. The lowest BCUT2D eigenvalue weighted by molar-refractivity contribution is 0.264. The van der Waals surface area contributed by atoms with Gasteiger partial charge in [-0.05, 0) is 65.5 Å². The molecule has 2 heteroatoms. The van der Waals surface area contributed by atoms with Gasteiger partial charge in [-0.2, -0.15) is 0 Å². The van der Waals surface area contributed by atoms with E-state index in [4.69, 9.17) is 0 Å². The van der Waals surface area contributed by atoms with E-state index in [1.807, 2.05) is 0 Å². The zero-order valence-corrected chi connectivity index (χ0v) is 20.6. The number of allylic oxidation sites excluding steroid dienone is 5. The zero-order valence-electron chi connectivity index (χ0n) is 20.6. The van der Waals surface area contributed by atoms with Crippen LogP contribution in [0.3, 0.4) is 0 Å². The Bertz CT molecular complexity index is 1470. The van der Waals surface area contributed by atoms with Gasteiger partial charge in [-0.1, -0.05) is 91.0 Å². The summed E-state index contributed by atoms with van der Waals surface area (Å²) in [6.07, 6.45) is 19.2. The van der Waals surface area contributed by atoms with E-state index in [1.54, 1.807) is 0 Å². The second kappa shape index (κ2) is 8.57. The molecule has 0 spiro atoms. The molecule has 4 aliphatic rings. The van der Waals surface area contributed by atoms with E-state index in [1.165, 1.54) is 44.8 Å². The van der Waals surface area contributed by atoms with Crippen molar-refractivity contribution in [2.45, 2.75) is 31.3 Å². The van der Waals surface area contributed by atoms with Crippen molar-refractivity contribution in [3.05, 3.63) is 143 Å². The van der Waals surface area contributed by atoms with Crippen LogP contribution in [0.5, 0.6) is 0 Å². The standard InChI is InChI=1S/C34H30N2/c1-24-32(30-13-5-6-14-31(30)34-16-7-9-19-35(24)34)23-28-22-27-21-26(25-11-3-2-4-12-25)17-18-29(27)33-15-8-10-20-36(28)33/h2-18,20-22,24,32-33H,19,23H2,1H3. The predicted molar refractivity (Wildman–Crippen MR) is 150 cm³/mol. The van der Waals surface area contributed by atoms with E-state index in [-0.39, 0.29) is 6.04 Å². The van der Waals surface area contributed by atoms with Gasteiger partial charge in [-0.3, -0.25) is 0 Å². The monoisotopic (exact) mass is 466 g/mol. The van der Waals surface area contributed by atoms with Gasteiger partial charge in [0.05, 0.1) is 6.04 Å². The zero-order chi connectivity index (χ0) is 24.1. The largest absolute Gasteiger partial charge is 0.364 e. The minimum atomic E-state index is 0.248. The van der Waals surface area contributed by atoms with Crippen molar-refractivity contribution in [3.8, 4) is 11.1 Å². The minimum Gasteiger partial charge on any atom is -0.364 e. The van der Waals surface area contributed by atoms with E-state index in [2.05, 4.69) is 138 Å². The Labute approximate surface area is 213 Å². The van der Waals surface area contributed by atoms with Crippen LogP contribution in [0.2, 0.25) is 0 Å². The molecule has 2 nitrogen and oxygen atoms in total. The maximum atomic E-state index is 2.58. The van der Waals surface area contributed by atoms with E-state index in [0.717, 1.165) is 13.0 Å². The molecule has 7 rings (SSSR count). The van der Waals surface area contributed by atoms with Crippen molar-refractivity contribution in [1.29, 1.82) is 0 Å². The highest BCUT2D eigenvalue weighted by atomic mass is 15.2. The van der Waals surface area contributed by atoms with Crippen LogP contribution in [0, 0.1) is 0 Å². The van der Waals surface area contributed by atoms with Crippen LogP contribution in [0.4, 0.5) is 0 Å². The van der Waals surface area contributed by atoms with Crippen molar-refractivity contribution >= 4 is 11.8 Å². The molecule has 176 valence electrons. The number of nitrogens with zero attached hydrogens (tertiary/aromatic N) is 2. The SMILES string of the molecule is CC1C(CC2=Cc3cc(-c4ccccc4)ccc3C3C=CC=CN23)c2ccccc2C2=CC=CCN21. The molecular formula is C34H30N2. The Hall–Kier alpha value is -4.04. The highest BCUT2D eigenvalue weighted by molar-refractivity contribution is 5.74. The number of benzene rings is 3. The lowest BCUT2D eigenvalue weighted by atomic mass is 9.78. The van der Waals surface area contributed by atoms with Gasteiger partial charge >= 0.3 is 0 Å². The molecule has 0 saturated carbocycles. The molecular weight excluding hydrogens is 436 g/mol. The van der Waals surface area contributed by atoms with Gasteiger partial charge in [0.25, 0.3) is 0 Å². The predicted octanol–water partition coefficient (Wildman–Crippen LogP) is 7.92. The molecule has 0 radical (unpaired) electrons. The number of hydrogen-bond acceptors (Lipinski definition) is 2. The fourth-order valence-electron chi connectivity index (χ4n) is 6.42. The van der Waals surface area contributed by atoms with Crippen molar-refractivity contribution in [3.63, 3.8) is 0 Å². The summed E-state index contributed by atoms with van der Waals surface area (Å²) < 4.78 is 0. The van der Waals surface area contributed by atoms with Gasteiger partial charge in [-0.25, -0.2) is 0 Å². The molecule has 0 saturated heterocycles. The lowest BCUT2D eigenvalue weighted by Gasteiger charge is -2.46. The molecule has 3 atom stereocenters. The second-order valence-corrected chi connectivity index (χ2v) is 10.2. The fourth-order valence-corrected chi connectivity index (χ4v) is 6.42. The highest BCUT2D eigenvalue weighted by Gasteiger charge is 2.37. The molecule has 3 aromatic rings. The van der Waals surface area contributed by atoms with Crippen LogP contribution in [-0.4, -0.2) is 22.4 Å². The molecule has 0 fully saturated rings. The molecule has 36 heavy (non-hydrogen) atoms. The first-order chi connectivity index (χ1) is 17.8. The minimum absolute atomic E-state index is 0.248. The molecule has 0 bridgehead atoms. The van der Waals surface area contributed by atoms with Crippen LogP contribution in [-0.2, 0) is 0 Å². The first-order valence-corrected chi connectivity index (χ1v) is 13.0. The van der Waals surface area contributed by atoms with Crippen LogP contribution in [0.1, 0.15) is 47.6 Å². The summed E-state index contributed by atoms with van der Waals surface area (Å²) >= 11 is 0. The van der Waals surface area contributed by atoms with Gasteiger partial charge in [0.2, 0.25) is 0 Å². The average Bonchev–Trinajstić information content (AvgIpc) is 2.95. The van der Waals surface area contributed by atoms with Crippen LogP contribution < -0.4 is 0 Å². The van der Waals surface area contributed by atoms with Gasteiger partial charge in [-0.15, -0.1) is 0 Å². The fraction of sp³-hybridized carbons (Fsp3) is 0.176. The molecule has 0 amide bonds. The van der Waals surface area contributed by atoms with Crippen LogP contribution >= 0.6 is 0 Å². The Morgan fingerprint density at radius 3 is 2.61 bits per heavy atom. The Balaban J connectivity index is 1.32. The molecule has 0 aromatic heterocycles. The third-order valence-electron chi connectivity index (χ3n) is 8.26. The van der Waals surface area contributed by atoms with E-state index in [9.17, 15) is 0 Å². The van der Waals surface area contributed by atoms with Crippen LogP contribution in [0.25, 0.3) is 22.9 Å².